The Balaban J connectivity index is 1.95. The van der Waals surface area contributed by atoms with E-state index in [-0.39, 0.29) is 10.8 Å². The van der Waals surface area contributed by atoms with Crippen LogP contribution in [0.3, 0.4) is 0 Å². The number of aromatic amines is 1. The van der Waals surface area contributed by atoms with E-state index in [0.29, 0.717) is 5.82 Å². The van der Waals surface area contributed by atoms with E-state index in [9.17, 15) is 4.79 Å². The lowest BCUT2D eigenvalue weighted by molar-refractivity contribution is 0.925. The zero-order valence-electron chi connectivity index (χ0n) is 12.4. The van der Waals surface area contributed by atoms with Crippen LogP contribution < -0.4 is 5.56 Å². The third-order valence-electron chi connectivity index (χ3n) is 3.57. The molecule has 3 aromatic rings. The van der Waals surface area contributed by atoms with Crippen LogP contribution in [0.5, 0.6) is 0 Å². The summed E-state index contributed by atoms with van der Waals surface area (Å²) in [6, 6.07) is 7.67. The summed E-state index contributed by atoms with van der Waals surface area (Å²) in [7, 11) is 0. The van der Waals surface area contributed by atoms with Crippen molar-refractivity contribution in [1.29, 1.82) is 0 Å². The van der Waals surface area contributed by atoms with Crippen molar-refractivity contribution < 1.29 is 0 Å². The minimum Gasteiger partial charge on any atom is -0.309 e. The van der Waals surface area contributed by atoms with Crippen LogP contribution in [0.1, 0.15) is 28.4 Å². The number of halogens is 1. The van der Waals surface area contributed by atoms with Gasteiger partial charge in [0.2, 0.25) is 0 Å². The van der Waals surface area contributed by atoms with Gasteiger partial charge in [-0.3, -0.25) is 4.79 Å². The number of thioether (sulfide) groups is 1. The number of benzene rings is 1. The SMILES string of the molecule is Cc1sc2nc(C(C)Sc3ccc(Cl)cc3)[nH]c(=O)c2c1C. The second-order valence-electron chi connectivity index (χ2n) is 5.13. The second kappa shape index (κ2) is 6.07. The Labute approximate surface area is 141 Å². The number of aromatic nitrogens is 2. The number of nitrogens with one attached hydrogen (secondary N) is 1. The van der Waals surface area contributed by atoms with Crippen molar-refractivity contribution in [1.82, 2.24) is 9.97 Å². The van der Waals surface area contributed by atoms with Gasteiger partial charge in [0.15, 0.2) is 0 Å². The molecule has 1 atom stereocenters. The Bertz CT molecular complexity index is 884. The molecule has 0 aliphatic heterocycles. The zero-order valence-corrected chi connectivity index (χ0v) is 14.8. The molecule has 0 fully saturated rings. The van der Waals surface area contributed by atoms with Gasteiger partial charge in [-0.1, -0.05) is 11.6 Å². The molecule has 0 radical (unpaired) electrons. The summed E-state index contributed by atoms with van der Waals surface area (Å²) in [5.41, 5.74) is 0.976. The number of hydrogen-bond donors (Lipinski definition) is 1. The first-order chi connectivity index (χ1) is 10.5. The lowest BCUT2D eigenvalue weighted by Gasteiger charge is -2.10. The van der Waals surface area contributed by atoms with Gasteiger partial charge in [-0.2, -0.15) is 0 Å². The quantitative estimate of drug-likeness (QED) is 0.668. The van der Waals surface area contributed by atoms with E-state index >= 15 is 0 Å². The largest absolute Gasteiger partial charge is 0.309 e. The molecule has 0 spiro atoms. The molecule has 0 aliphatic rings. The molecule has 0 saturated heterocycles. The predicted molar refractivity (Wildman–Crippen MR) is 95.4 cm³/mol. The van der Waals surface area contributed by atoms with Gasteiger partial charge in [0.25, 0.3) is 5.56 Å². The Morgan fingerprint density at radius 2 is 1.95 bits per heavy atom. The first-order valence-corrected chi connectivity index (χ1v) is 8.95. The lowest BCUT2D eigenvalue weighted by atomic mass is 10.2. The smallest absolute Gasteiger partial charge is 0.259 e. The lowest BCUT2D eigenvalue weighted by Crippen LogP contribution is -2.12. The van der Waals surface area contributed by atoms with Crippen molar-refractivity contribution in [2.75, 3.05) is 0 Å². The maximum Gasteiger partial charge on any atom is 0.259 e. The number of fused-ring (bicyclic) bond motifs is 1. The molecule has 2 aromatic heterocycles. The summed E-state index contributed by atoms with van der Waals surface area (Å²) < 4.78 is 0. The fourth-order valence-corrected chi connectivity index (χ4v) is 4.32. The summed E-state index contributed by atoms with van der Waals surface area (Å²) in [6.45, 7) is 6.03. The average Bonchev–Trinajstić information content (AvgIpc) is 2.77. The molecule has 3 rings (SSSR count). The monoisotopic (exact) mass is 350 g/mol. The van der Waals surface area contributed by atoms with Crippen molar-refractivity contribution >= 4 is 44.9 Å². The van der Waals surface area contributed by atoms with Crippen molar-refractivity contribution in [3.63, 3.8) is 0 Å². The van der Waals surface area contributed by atoms with Crippen LogP contribution in [-0.4, -0.2) is 9.97 Å². The first kappa shape index (κ1) is 15.6. The maximum atomic E-state index is 12.3. The van der Waals surface area contributed by atoms with Gasteiger partial charge in [0.1, 0.15) is 10.7 Å². The van der Waals surface area contributed by atoms with Gasteiger partial charge in [-0.15, -0.1) is 23.1 Å². The van der Waals surface area contributed by atoms with Crippen molar-refractivity contribution in [2.45, 2.75) is 30.9 Å². The second-order valence-corrected chi connectivity index (χ2v) is 8.18. The molecular weight excluding hydrogens is 336 g/mol. The van der Waals surface area contributed by atoms with E-state index in [2.05, 4.69) is 9.97 Å². The molecule has 1 aromatic carbocycles. The van der Waals surface area contributed by atoms with Gasteiger partial charge in [-0.25, -0.2) is 4.98 Å². The van der Waals surface area contributed by atoms with Crippen molar-refractivity contribution in [3.05, 3.63) is 55.9 Å². The average molecular weight is 351 g/mol. The number of rotatable bonds is 3. The zero-order chi connectivity index (χ0) is 15.9. The number of hydrogen-bond acceptors (Lipinski definition) is 4. The Kier molecular flexibility index (Phi) is 4.30. The van der Waals surface area contributed by atoms with Gasteiger partial charge >= 0.3 is 0 Å². The number of H-pyrrole nitrogens is 1. The number of aryl methyl sites for hydroxylation is 2. The van der Waals surface area contributed by atoms with Gasteiger partial charge in [0.05, 0.1) is 10.6 Å². The summed E-state index contributed by atoms with van der Waals surface area (Å²) >= 11 is 9.12. The normalized spacial score (nSPS) is 12.7. The van der Waals surface area contributed by atoms with Gasteiger partial charge < -0.3 is 4.98 Å². The van der Waals surface area contributed by atoms with E-state index in [1.807, 2.05) is 45.0 Å². The van der Waals surface area contributed by atoms with Gasteiger partial charge in [-0.05, 0) is 50.6 Å². The maximum absolute atomic E-state index is 12.3. The molecule has 2 heterocycles. The van der Waals surface area contributed by atoms with Crippen LogP contribution in [0.2, 0.25) is 5.02 Å². The van der Waals surface area contributed by atoms with Gasteiger partial charge in [0, 0.05) is 14.8 Å². The predicted octanol–water partition coefficient (Wildman–Crippen LogP) is 5.11. The molecule has 0 aliphatic carbocycles. The molecule has 1 unspecified atom stereocenters. The molecular formula is C16H15ClN2OS2. The highest BCUT2D eigenvalue weighted by molar-refractivity contribution is 7.99. The summed E-state index contributed by atoms with van der Waals surface area (Å²) in [6.07, 6.45) is 0. The Morgan fingerprint density at radius 3 is 2.64 bits per heavy atom. The highest BCUT2D eigenvalue weighted by Gasteiger charge is 2.16. The highest BCUT2D eigenvalue weighted by atomic mass is 35.5. The van der Waals surface area contributed by atoms with Crippen LogP contribution in [-0.2, 0) is 0 Å². The van der Waals surface area contributed by atoms with Crippen LogP contribution in [0.15, 0.2) is 34.0 Å². The molecule has 0 amide bonds. The summed E-state index contributed by atoms with van der Waals surface area (Å²) in [5.74, 6) is 0.707. The topological polar surface area (TPSA) is 45.8 Å². The number of thiophene rings is 1. The van der Waals surface area contributed by atoms with E-state index in [1.54, 1.807) is 23.1 Å². The molecule has 0 saturated carbocycles. The molecule has 6 heteroatoms. The fraction of sp³-hybridized carbons (Fsp3) is 0.250. The minimum atomic E-state index is -0.0505. The third-order valence-corrected chi connectivity index (χ3v) is 6.04. The van der Waals surface area contributed by atoms with E-state index in [0.717, 1.165) is 30.6 Å². The number of nitrogens with zero attached hydrogens (tertiary/aromatic N) is 1. The third kappa shape index (κ3) is 2.93. The molecule has 0 bridgehead atoms. The molecule has 22 heavy (non-hydrogen) atoms. The van der Waals surface area contributed by atoms with Crippen LogP contribution in [0.25, 0.3) is 10.2 Å². The fourth-order valence-electron chi connectivity index (χ4n) is 2.24. The van der Waals surface area contributed by atoms with E-state index < -0.39 is 0 Å². The molecule has 1 N–H and O–H groups in total. The van der Waals surface area contributed by atoms with E-state index in [4.69, 9.17) is 11.6 Å². The standard InChI is InChI=1S/C16H15ClN2OS2/c1-8-9(2)22-16-13(8)15(20)18-14(19-16)10(3)21-12-6-4-11(17)5-7-12/h4-7,10H,1-3H3,(H,18,19,20). The summed E-state index contributed by atoms with van der Waals surface area (Å²) in [4.78, 5) is 23.0. The van der Waals surface area contributed by atoms with Crippen molar-refractivity contribution in [2.24, 2.45) is 0 Å². The Morgan fingerprint density at radius 1 is 1.27 bits per heavy atom. The van der Waals surface area contributed by atoms with Crippen LogP contribution in [0, 0.1) is 13.8 Å². The van der Waals surface area contributed by atoms with Crippen LogP contribution >= 0.6 is 34.7 Å². The van der Waals surface area contributed by atoms with Crippen molar-refractivity contribution in [3.8, 4) is 0 Å². The Hall–Kier alpha value is -1.30. The highest BCUT2D eigenvalue weighted by Crippen LogP contribution is 2.34. The summed E-state index contributed by atoms with van der Waals surface area (Å²) in [5, 5.41) is 1.49. The van der Waals surface area contributed by atoms with Crippen LogP contribution in [0.4, 0.5) is 0 Å². The molecule has 3 nitrogen and oxygen atoms in total. The minimum absolute atomic E-state index is 0.0505. The molecule has 114 valence electrons. The first-order valence-electron chi connectivity index (χ1n) is 6.88. The van der Waals surface area contributed by atoms with E-state index in [1.165, 1.54) is 0 Å².